The average Bonchev–Trinajstić information content (AvgIpc) is 3.08. The first kappa shape index (κ1) is 41.6. The minimum Gasteiger partial charge on any atom is -0.496 e. The standard InChI is InChI=1S/C39H47Cl2N3O8S/c1-8-52-38(49)43-53(50,24(4)5)22-32(23(2)3)44-35(25-12-14-27(40)15-13-25)31(26-10-9-11-28(41)18-26)20-39(6,37(44)48)21-34(45)42-29-16-17-30(36(46)47)33(19-29)51-7/h9-19,23-24,31-32,35H,8,20-22H2,1-7H3,(H,42,45)(H,46,47)/t31-,32-,35-,39-,53?/m1/s1. The lowest BCUT2D eigenvalue weighted by Gasteiger charge is -2.53. The highest BCUT2D eigenvalue weighted by molar-refractivity contribution is 7.94. The molecule has 1 aliphatic rings. The number of methoxy groups -OCH3 is 1. The molecule has 1 aliphatic heterocycles. The Bertz CT molecular complexity index is 1960. The van der Waals surface area contributed by atoms with Crippen LogP contribution in [0.3, 0.4) is 0 Å². The fourth-order valence-corrected chi connectivity index (χ4v) is 9.20. The minimum absolute atomic E-state index is 0.0605. The van der Waals surface area contributed by atoms with Crippen molar-refractivity contribution in [1.29, 1.82) is 0 Å². The number of hydrogen-bond acceptors (Lipinski definition) is 7. The Hall–Kier alpha value is -4.13. The van der Waals surface area contributed by atoms with Crippen LogP contribution in [0.1, 0.15) is 87.8 Å². The van der Waals surface area contributed by atoms with Crippen LogP contribution in [-0.2, 0) is 24.1 Å². The van der Waals surface area contributed by atoms with E-state index in [2.05, 4.69) is 9.68 Å². The van der Waals surface area contributed by atoms with Crippen molar-refractivity contribution in [3.8, 4) is 5.75 Å². The number of carboxylic acids is 1. The third kappa shape index (κ3) is 9.71. The first-order valence-electron chi connectivity index (χ1n) is 17.4. The van der Waals surface area contributed by atoms with Crippen molar-refractivity contribution in [2.75, 3.05) is 24.8 Å². The summed E-state index contributed by atoms with van der Waals surface area (Å²) in [6.07, 6.45) is -0.936. The van der Waals surface area contributed by atoms with Crippen molar-refractivity contribution in [2.24, 2.45) is 15.7 Å². The van der Waals surface area contributed by atoms with Gasteiger partial charge in [0.1, 0.15) is 11.3 Å². The van der Waals surface area contributed by atoms with Gasteiger partial charge in [-0.15, -0.1) is 4.36 Å². The van der Waals surface area contributed by atoms with Gasteiger partial charge >= 0.3 is 12.1 Å². The predicted molar refractivity (Wildman–Crippen MR) is 207 cm³/mol. The molecule has 5 atom stereocenters. The minimum atomic E-state index is -3.28. The van der Waals surface area contributed by atoms with E-state index in [0.29, 0.717) is 15.7 Å². The van der Waals surface area contributed by atoms with E-state index in [9.17, 15) is 23.7 Å². The number of anilines is 1. The van der Waals surface area contributed by atoms with Gasteiger partial charge in [-0.1, -0.05) is 82.1 Å². The van der Waals surface area contributed by atoms with Gasteiger partial charge in [0.15, 0.2) is 0 Å². The molecule has 53 heavy (non-hydrogen) atoms. The molecule has 3 aromatic carbocycles. The molecule has 4 rings (SSSR count). The van der Waals surface area contributed by atoms with E-state index in [4.69, 9.17) is 32.7 Å². The summed E-state index contributed by atoms with van der Waals surface area (Å²) in [5.41, 5.74) is 0.534. The SMILES string of the molecule is CCOC(=O)N=S(=O)(C[C@H](C(C)C)N1C(=O)[C@@](C)(CC(=O)Nc2ccc(C(=O)O)c(OC)c2)C[C@H](c2cccc(Cl)c2)[C@H]1c1ccc(Cl)cc1)C(C)C. The average molecular weight is 789 g/mol. The monoisotopic (exact) mass is 787 g/mol. The lowest BCUT2D eigenvalue weighted by atomic mass is 9.66. The fraction of sp³-hybridized carbons (Fsp3) is 0.436. The van der Waals surface area contributed by atoms with E-state index in [1.807, 2.05) is 44.2 Å². The van der Waals surface area contributed by atoms with Crippen molar-refractivity contribution < 1.29 is 38.0 Å². The smallest absolute Gasteiger partial charge is 0.441 e. The normalized spacial score (nSPS) is 20.4. The summed E-state index contributed by atoms with van der Waals surface area (Å²) in [4.78, 5) is 55.2. The maximum absolute atomic E-state index is 15.3. The van der Waals surface area contributed by atoms with E-state index in [1.165, 1.54) is 25.3 Å². The third-order valence-corrected chi connectivity index (χ3v) is 12.9. The maximum atomic E-state index is 15.3. The van der Waals surface area contributed by atoms with Crippen LogP contribution in [0.25, 0.3) is 0 Å². The van der Waals surface area contributed by atoms with Crippen molar-refractivity contribution in [2.45, 2.75) is 77.6 Å². The molecule has 3 amide bonds. The van der Waals surface area contributed by atoms with Crippen LogP contribution >= 0.6 is 23.2 Å². The van der Waals surface area contributed by atoms with Crippen molar-refractivity contribution in [3.63, 3.8) is 0 Å². The molecule has 1 unspecified atom stereocenters. The molecule has 1 saturated heterocycles. The number of hydrogen-bond donors (Lipinski definition) is 2. The van der Waals surface area contributed by atoms with Gasteiger partial charge in [0.05, 0.1) is 40.7 Å². The van der Waals surface area contributed by atoms with Gasteiger partial charge in [0, 0.05) is 45.4 Å². The fourth-order valence-electron chi connectivity index (χ4n) is 6.87. The second kappa shape index (κ2) is 17.3. The highest BCUT2D eigenvalue weighted by Gasteiger charge is 2.53. The van der Waals surface area contributed by atoms with Gasteiger partial charge in [-0.2, -0.15) is 0 Å². The molecule has 3 aromatic rings. The van der Waals surface area contributed by atoms with E-state index < -0.39 is 56.4 Å². The number of piperidine rings is 1. The molecule has 11 nitrogen and oxygen atoms in total. The molecule has 14 heteroatoms. The Morgan fingerprint density at radius 1 is 1.02 bits per heavy atom. The Kier molecular flexibility index (Phi) is 13.6. The topological polar surface area (TPSA) is 152 Å². The van der Waals surface area contributed by atoms with Gasteiger partial charge in [0.25, 0.3) is 0 Å². The number of rotatable bonds is 13. The number of likely N-dealkylation sites (tertiary alicyclic amines) is 1. The highest BCUT2D eigenvalue weighted by Crippen LogP contribution is 2.53. The predicted octanol–water partition coefficient (Wildman–Crippen LogP) is 8.85. The Balaban J connectivity index is 1.90. The Morgan fingerprint density at radius 3 is 2.26 bits per heavy atom. The molecule has 1 fully saturated rings. The lowest BCUT2D eigenvalue weighted by molar-refractivity contribution is -0.157. The van der Waals surface area contributed by atoms with Crippen LogP contribution in [0.15, 0.2) is 71.1 Å². The van der Waals surface area contributed by atoms with Crippen LogP contribution < -0.4 is 10.1 Å². The van der Waals surface area contributed by atoms with Crippen LogP contribution in [0.2, 0.25) is 10.0 Å². The molecule has 0 saturated carbocycles. The number of carboxylic acid groups (broad SMARTS) is 1. The summed E-state index contributed by atoms with van der Waals surface area (Å²) in [6, 6.07) is 17.4. The van der Waals surface area contributed by atoms with Gasteiger partial charge in [-0.25, -0.2) is 13.8 Å². The van der Waals surface area contributed by atoms with Gasteiger partial charge in [-0.05, 0) is 66.8 Å². The molecular formula is C39H47Cl2N3O8S. The number of nitrogens with zero attached hydrogens (tertiary/aromatic N) is 2. The zero-order chi connectivity index (χ0) is 39.2. The van der Waals surface area contributed by atoms with Gasteiger partial charge in [0.2, 0.25) is 11.8 Å². The quantitative estimate of drug-likeness (QED) is 0.174. The number of aromatic carboxylic acids is 1. The van der Waals surface area contributed by atoms with E-state index in [-0.39, 0.29) is 48.3 Å². The van der Waals surface area contributed by atoms with Crippen LogP contribution in [-0.4, -0.2) is 68.9 Å². The Labute approximate surface area is 321 Å². The van der Waals surface area contributed by atoms with Crippen molar-refractivity contribution >= 4 is 62.5 Å². The summed E-state index contributed by atoms with van der Waals surface area (Å²) in [6.45, 7) is 10.7. The van der Waals surface area contributed by atoms with Crippen LogP contribution in [0.5, 0.6) is 5.75 Å². The maximum Gasteiger partial charge on any atom is 0.441 e. The van der Waals surface area contributed by atoms with E-state index in [1.54, 1.807) is 50.8 Å². The summed E-state index contributed by atoms with van der Waals surface area (Å²) < 4.78 is 29.0. The number of ether oxygens (including phenoxy) is 2. The van der Waals surface area contributed by atoms with Crippen molar-refractivity contribution in [1.82, 2.24) is 4.90 Å². The first-order valence-corrected chi connectivity index (χ1v) is 19.9. The summed E-state index contributed by atoms with van der Waals surface area (Å²) in [7, 11) is -1.95. The third-order valence-electron chi connectivity index (χ3n) is 9.63. The number of halogens is 2. The molecule has 0 radical (unpaired) electrons. The number of benzene rings is 3. The zero-order valence-corrected chi connectivity index (χ0v) is 33.3. The molecule has 286 valence electrons. The number of carbonyl (C=O) groups excluding carboxylic acids is 3. The first-order chi connectivity index (χ1) is 24.9. The van der Waals surface area contributed by atoms with Crippen LogP contribution in [0, 0.1) is 11.3 Å². The summed E-state index contributed by atoms with van der Waals surface area (Å²) in [5.74, 6) is -2.75. The summed E-state index contributed by atoms with van der Waals surface area (Å²) in [5, 5.41) is 12.8. The molecule has 0 aliphatic carbocycles. The zero-order valence-electron chi connectivity index (χ0n) is 30.9. The van der Waals surface area contributed by atoms with Gasteiger partial charge in [-0.3, -0.25) is 9.59 Å². The molecule has 0 spiro atoms. The number of nitrogens with one attached hydrogen (secondary N) is 1. The molecule has 1 heterocycles. The van der Waals surface area contributed by atoms with E-state index in [0.717, 1.165) is 11.1 Å². The molecule has 0 aromatic heterocycles. The Morgan fingerprint density at radius 2 is 1.70 bits per heavy atom. The largest absolute Gasteiger partial charge is 0.496 e. The molecule has 0 bridgehead atoms. The second-order valence-electron chi connectivity index (χ2n) is 14.1. The second-order valence-corrected chi connectivity index (χ2v) is 17.8. The molecule has 2 N–H and O–H groups in total. The number of carbonyl (C=O) groups is 4. The van der Waals surface area contributed by atoms with Crippen molar-refractivity contribution in [3.05, 3.63) is 93.5 Å². The van der Waals surface area contributed by atoms with Gasteiger partial charge < -0.3 is 24.8 Å². The summed E-state index contributed by atoms with van der Waals surface area (Å²) >= 11 is 12.9. The highest BCUT2D eigenvalue weighted by atomic mass is 35.5. The lowest BCUT2D eigenvalue weighted by Crippen LogP contribution is -2.59. The van der Waals surface area contributed by atoms with E-state index >= 15 is 4.79 Å². The number of amides is 3. The molecular weight excluding hydrogens is 741 g/mol. The van der Waals surface area contributed by atoms with Crippen LogP contribution in [0.4, 0.5) is 10.5 Å².